The highest BCUT2D eigenvalue weighted by Gasteiger charge is 2.26. The van der Waals surface area contributed by atoms with E-state index in [0.717, 1.165) is 26.0 Å². The number of ether oxygens (including phenoxy) is 2. The minimum Gasteiger partial charge on any atom is -0.491 e. The van der Waals surface area contributed by atoms with Gasteiger partial charge in [-0.15, -0.1) is 0 Å². The third-order valence-corrected chi connectivity index (χ3v) is 4.04. The van der Waals surface area contributed by atoms with Crippen LogP contribution in [0.3, 0.4) is 0 Å². The van der Waals surface area contributed by atoms with Gasteiger partial charge in [0.05, 0.1) is 6.10 Å². The summed E-state index contributed by atoms with van der Waals surface area (Å²) in [6.07, 6.45) is 1.99. The minimum atomic E-state index is -0.525. The van der Waals surface area contributed by atoms with Crippen molar-refractivity contribution < 1.29 is 14.6 Å². The summed E-state index contributed by atoms with van der Waals surface area (Å²) in [4.78, 5) is 0. The largest absolute Gasteiger partial charge is 0.491 e. The molecule has 1 fully saturated rings. The molecule has 0 radical (unpaired) electrons. The molecule has 0 spiro atoms. The number of hydrogen-bond acceptors (Lipinski definition) is 4. The molecule has 0 saturated carbocycles. The van der Waals surface area contributed by atoms with Crippen molar-refractivity contribution in [2.24, 2.45) is 5.92 Å². The van der Waals surface area contributed by atoms with Crippen molar-refractivity contribution in [1.29, 1.82) is 0 Å². The van der Waals surface area contributed by atoms with Gasteiger partial charge < -0.3 is 19.9 Å². The fourth-order valence-electron chi connectivity index (χ4n) is 2.59. The Morgan fingerprint density at radius 2 is 2.19 bits per heavy atom. The normalized spacial score (nSPS) is 23.2. The summed E-state index contributed by atoms with van der Waals surface area (Å²) in [6.45, 7) is 4.69. The standard InChI is InChI=1S/C16H24ClNO3/c1-2-16-12(7-8-20-16)9-18-10-14(19)11-21-15-5-3-13(17)4-6-15/h3-6,12,14,16,18-19H,2,7-11H2,1H3. The lowest BCUT2D eigenvalue weighted by molar-refractivity contribution is 0.0823. The van der Waals surface area contributed by atoms with Crippen LogP contribution in [0.4, 0.5) is 0 Å². The molecule has 2 rings (SSSR count). The fourth-order valence-corrected chi connectivity index (χ4v) is 2.72. The second-order valence-electron chi connectivity index (χ2n) is 5.44. The first-order valence-corrected chi connectivity index (χ1v) is 7.95. The van der Waals surface area contributed by atoms with E-state index in [1.165, 1.54) is 0 Å². The van der Waals surface area contributed by atoms with E-state index >= 15 is 0 Å². The second-order valence-corrected chi connectivity index (χ2v) is 5.88. The number of rotatable bonds is 8. The van der Waals surface area contributed by atoms with E-state index in [1.54, 1.807) is 24.3 Å². The van der Waals surface area contributed by atoms with Crippen molar-refractivity contribution in [3.05, 3.63) is 29.3 Å². The van der Waals surface area contributed by atoms with Crippen LogP contribution in [0.25, 0.3) is 0 Å². The molecule has 1 aromatic rings. The molecular formula is C16H24ClNO3. The Morgan fingerprint density at radius 1 is 1.43 bits per heavy atom. The molecule has 4 nitrogen and oxygen atoms in total. The molecule has 1 heterocycles. The van der Waals surface area contributed by atoms with Gasteiger partial charge in [-0.25, -0.2) is 0 Å². The fraction of sp³-hybridized carbons (Fsp3) is 0.625. The summed E-state index contributed by atoms with van der Waals surface area (Å²) >= 11 is 5.80. The Hall–Kier alpha value is -0.810. The van der Waals surface area contributed by atoms with Crippen LogP contribution in [0, 0.1) is 5.92 Å². The van der Waals surface area contributed by atoms with Crippen molar-refractivity contribution in [3.63, 3.8) is 0 Å². The van der Waals surface area contributed by atoms with Crippen molar-refractivity contribution in [2.75, 3.05) is 26.3 Å². The number of benzene rings is 1. The van der Waals surface area contributed by atoms with E-state index in [0.29, 0.717) is 29.3 Å². The molecule has 21 heavy (non-hydrogen) atoms. The molecule has 3 unspecified atom stereocenters. The van der Waals surface area contributed by atoms with Crippen molar-refractivity contribution in [3.8, 4) is 5.75 Å². The Balaban J connectivity index is 1.61. The number of aliphatic hydroxyl groups excluding tert-OH is 1. The average molecular weight is 314 g/mol. The molecule has 118 valence electrons. The van der Waals surface area contributed by atoms with Crippen LogP contribution in [0.5, 0.6) is 5.75 Å². The maximum Gasteiger partial charge on any atom is 0.119 e. The van der Waals surface area contributed by atoms with Gasteiger partial charge in [-0.2, -0.15) is 0 Å². The molecular weight excluding hydrogens is 290 g/mol. The van der Waals surface area contributed by atoms with E-state index in [9.17, 15) is 5.11 Å². The summed E-state index contributed by atoms with van der Waals surface area (Å²) in [5.41, 5.74) is 0. The summed E-state index contributed by atoms with van der Waals surface area (Å²) in [5.74, 6) is 1.27. The van der Waals surface area contributed by atoms with E-state index in [2.05, 4.69) is 12.2 Å². The molecule has 1 aliphatic heterocycles. The van der Waals surface area contributed by atoms with Gasteiger partial charge in [-0.3, -0.25) is 0 Å². The Labute approximate surface area is 131 Å². The number of halogens is 1. The van der Waals surface area contributed by atoms with E-state index in [-0.39, 0.29) is 6.61 Å². The highest BCUT2D eigenvalue weighted by Crippen LogP contribution is 2.22. The molecule has 5 heteroatoms. The zero-order valence-corrected chi connectivity index (χ0v) is 13.2. The molecule has 0 amide bonds. The molecule has 1 aliphatic rings. The second kappa shape index (κ2) is 8.59. The molecule has 0 aliphatic carbocycles. The summed E-state index contributed by atoms with van der Waals surface area (Å²) < 4.78 is 11.2. The third kappa shape index (κ3) is 5.47. The van der Waals surface area contributed by atoms with Crippen molar-refractivity contribution in [1.82, 2.24) is 5.32 Å². The van der Waals surface area contributed by atoms with Crippen LogP contribution < -0.4 is 10.1 Å². The molecule has 0 aromatic heterocycles. The Bertz CT molecular complexity index is 412. The lowest BCUT2D eigenvalue weighted by Crippen LogP contribution is -2.36. The predicted octanol–water partition coefficient (Wildman–Crippen LogP) is 2.48. The van der Waals surface area contributed by atoms with E-state index in [1.807, 2.05) is 0 Å². The van der Waals surface area contributed by atoms with Gasteiger partial charge in [0.25, 0.3) is 0 Å². The van der Waals surface area contributed by atoms with Gasteiger partial charge in [-0.1, -0.05) is 18.5 Å². The van der Waals surface area contributed by atoms with Crippen LogP contribution in [0.15, 0.2) is 24.3 Å². The maximum absolute atomic E-state index is 9.92. The molecule has 3 atom stereocenters. The highest BCUT2D eigenvalue weighted by atomic mass is 35.5. The number of hydrogen-bond donors (Lipinski definition) is 2. The lowest BCUT2D eigenvalue weighted by atomic mass is 10.00. The highest BCUT2D eigenvalue weighted by molar-refractivity contribution is 6.30. The first kappa shape index (κ1) is 16.6. The van der Waals surface area contributed by atoms with E-state index in [4.69, 9.17) is 21.1 Å². The van der Waals surface area contributed by atoms with Crippen LogP contribution in [0.2, 0.25) is 5.02 Å². The SMILES string of the molecule is CCC1OCCC1CNCC(O)COc1ccc(Cl)cc1. The van der Waals surface area contributed by atoms with Gasteiger partial charge in [-0.05, 0) is 43.0 Å². The zero-order chi connectivity index (χ0) is 15.1. The van der Waals surface area contributed by atoms with Gasteiger partial charge in [0.2, 0.25) is 0 Å². The van der Waals surface area contributed by atoms with Crippen molar-refractivity contribution in [2.45, 2.75) is 32.0 Å². The molecule has 1 saturated heterocycles. The molecule has 1 aromatic carbocycles. The van der Waals surface area contributed by atoms with Gasteiger partial charge in [0.15, 0.2) is 0 Å². The first-order chi connectivity index (χ1) is 10.2. The average Bonchev–Trinajstić information content (AvgIpc) is 2.94. The topological polar surface area (TPSA) is 50.7 Å². The molecule has 0 bridgehead atoms. The van der Waals surface area contributed by atoms with Crippen LogP contribution in [0.1, 0.15) is 19.8 Å². The Morgan fingerprint density at radius 3 is 2.90 bits per heavy atom. The van der Waals surface area contributed by atoms with Crippen LogP contribution in [-0.2, 0) is 4.74 Å². The predicted molar refractivity (Wildman–Crippen MR) is 84.0 cm³/mol. The smallest absolute Gasteiger partial charge is 0.119 e. The number of aliphatic hydroxyl groups is 1. The quantitative estimate of drug-likeness (QED) is 0.774. The summed E-state index contributed by atoms with van der Waals surface area (Å²) in [6, 6.07) is 7.13. The zero-order valence-electron chi connectivity index (χ0n) is 12.4. The first-order valence-electron chi connectivity index (χ1n) is 7.57. The van der Waals surface area contributed by atoms with Crippen LogP contribution >= 0.6 is 11.6 Å². The lowest BCUT2D eigenvalue weighted by Gasteiger charge is -2.19. The van der Waals surface area contributed by atoms with Gasteiger partial charge >= 0.3 is 0 Å². The van der Waals surface area contributed by atoms with Crippen molar-refractivity contribution >= 4 is 11.6 Å². The minimum absolute atomic E-state index is 0.271. The van der Waals surface area contributed by atoms with Crippen LogP contribution in [-0.4, -0.2) is 43.6 Å². The third-order valence-electron chi connectivity index (χ3n) is 3.79. The van der Waals surface area contributed by atoms with Gasteiger partial charge in [0.1, 0.15) is 18.5 Å². The Kier molecular flexibility index (Phi) is 6.77. The maximum atomic E-state index is 9.92. The molecule has 2 N–H and O–H groups in total. The number of nitrogens with one attached hydrogen (secondary N) is 1. The summed E-state index contributed by atoms with van der Waals surface area (Å²) in [7, 11) is 0. The summed E-state index contributed by atoms with van der Waals surface area (Å²) in [5, 5.41) is 13.9. The van der Waals surface area contributed by atoms with E-state index < -0.39 is 6.10 Å². The van der Waals surface area contributed by atoms with Gasteiger partial charge in [0, 0.05) is 24.7 Å². The monoisotopic (exact) mass is 313 g/mol.